The number of amides is 2. The van der Waals surface area contributed by atoms with Crippen molar-refractivity contribution >= 4 is 12.0 Å². The van der Waals surface area contributed by atoms with Crippen LogP contribution in [0.15, 0.2) is 0 Å². The van der Waals surface area contributed by atoms with Crippen molar-refractivity contribution in [3.63, 3.8) is 0 Å². The summed E-state index contributed by atoms with van der Waals surface area (Å²) >= 11 is 0. The number of hydrogen-bond acceptors (Lipinski definition) is 3. The van der Waals surface area contributed by atoms with Crippen molar-refractivity contribution in [3.8, 4) is 0 Å². The van der Waals surface area contributed by atoms with Crippen molar-refractivity contribution in [1.29, 1.82) is 0 Å². The van der Waals surface area contributed by atoms with Crippen LogP contribution in [0.3, 0.4) is 0 Å². The van der Waals surface area contributed by atoms with Gasteiger partial charge < -0.3 is 20.5 Å². The molecule has 6 nitrogen and oxygen atoms in total. The lowest BCUT2D eigenvalue weighted by Crippen LogP contribution is -2.39. The fraction of sp³-hybridized carbons (Fsp3) is 0.846. The highest BCUT2D eigenvalue weighted by atomic mass is 16.5. The van der Waals surface area contributed by atoms with Crippen LogP contribution in [0, 0.1) is 5.92 Å². The van der Waals surface area contributed by atoms with E-state index in [2.05, 4.69) is 10.6 Å². The number of aliphatic carboxylic acids is 1. The minimum absolute atomic E-state index is 0.0126. The minimum atomic E-state index is -0.826. The van der Waals surface area contributed by atoms with Gasteiger partial charge in [0, 0.05) is 26.1 Å². The van der Waals surface area contributed by atoms with E-state index >= 15 is 0 Å². The Morgan fingerprint density at radius 1 is 1.42 bits per heavy atom. The molecule has 0 bridgehead atoms. The number of urea groups is 1. The number of rotatable bonds is 8. The molecule has 0 aromatic carbocycles. The summed E-state index contributed by atoms with van der Waals surface area (Å²) in [5.74, 6) is -0.839. The van der Waals surface area contributed by atoms with Crippen LogP contribution in [0.1, 0.15) is 39.0 Å². The molecule has 0 aliphatic carbocycles. The molecular formula is C13H24N2O4. The average Bonchev–Trinajstić information content (AvgIpc) is 2.87. The number of nitrogens with one attached hydrogen (secondary N) is 2. The van der Waals surface area contributed by atoms with E-state index in [0.29, 0.717) is 13.1 Å². The van der Waals surface area contributed by atoms with Crippen molar-refractivity contribution < 1.29 is 19.4 Å². The smallest absolute Gasteiger partial charge is 0.314 e. The third-order valence-corrected chi connectivity index (χ3v) is 3.37. The van der Waals surface area contributed by atoms with Gasteiger partial charge in [-0.25, -0.2) is 4.79 Å². The Labute approximate surface area is 113 Å². The van der Waals surface area contributed by atoms with E-state index in [-0.39, 0.29) is 24.5 Å². The fourth-order valence-electron chi connectivity index (χ4n) is 2.13. The van der Waals surface area contributed by atoms with Gasteiger partial charge in [-0.05, 0) is 25.2 Å². The zero-order valence-electron chi connectivity index (χ0n) is 11.5. The highest BCUT2D eigenvalue weighted by molar-refractivity contribution is 5.74. The van der Waals surface area contributed by atoms with Crippen LogP contribution in [-0.4, -0.2) is 42.9 Å². The van der Waals surface area contributed by atoms with Crippen LogP contribution < -0.4 is 10.6 Å². The van der Waals surface area contributed by atoms with Gasteiger partial charge in [-0.2, -0.15) is 0 Å². The molecule has 1 heterocycles. The Bertz CT molecular complexity index is 290. The van der Waals surface area contributed by atoms with Crippen LogP contribution in [0.5, 0.6) is 0 Å². The van der Waals surface area contributed by atoms with Crippen LogP contribution >= 0.6 is 0 Å². The van der Waals surface area contributed by atoms with Gasteiger partial charge >= 0.3 is 12.0 Å². The number of hydrogen-bond donors (Lipinski definition) is 3. The molecule has 0 spiro atoms. The Morgan fingerprint density at radius 2 is 2.21 bits per heavy atom. The summed E-state index contributed by atoms with van der Waals surface area (Å²) in [5.41, 5.74) is 0. The summed E-state index contributed by atoms with van der Waals surface area (Å²) < 4.78 is 5.46. The normalized spacial score (nSPS) is 19.9. The Morgan fingerprint density at radius 3 is 2.79 bits per heavy atom. The molecule has 1 aliphatic rings. The first-order chi connectivity index (χ1) is 9.11. The van der Waals surface area contributed by atoms with Crippen molar-refractivity contribution in [2.45, 2.75) is 45.1 Å². The molecule has 1 saturated heterocycles. The highest BCUT2D eigenvalue weighted by Gasteiger charge is 2.15. The summed E-state index contributed by atoms with van der Waals surface area (Å²) in [6, 6.07) is -0.234. The van der Waals surface area contributed by atoms with Gasteiger partial charge in [0.15, 0.2) is 0 Å². The van der Waals surface area contributed by atoms with Crippen molar-refractivity contribution in [1.82, 2.24) is 10.6 Å². The molecule has 1 rings (SSSR count). The third kappa shape index (κ3) is 7.00. The molecule has 0 aromatic rings. The van der Waals surface area contributed by atoms with E-state index < -0.39 is 5.97 Å². The highest BCUT2D eigenvalue weighted by Crippen LogP contribution is 2.14. The summed E-state index contributed by atoms with van der Waals surface area (Å²) in [7, 11) is 0. The zero-order chi connectivity index (χ0) is 14.1. The molecule has 0 saturated carbocycles. The first-order valence-electron chi connectivity index (χ1n) is 6.97. The van der Waals surface area contributed by atoms with Crippen LogP contribution in [0.2, 0.25) is 0 Å². The molecule has 0 aromatic heterocycles. The van der Waals surface area contributed by atoms with E-state index in [9.17, 15) is 9.59 Å². The molecule has 1 aliphatic heterocycles. The molecule has 110 valence electrons. The molecule has 19 heavy (non-hydrogen) atoms. The molecule has 2 atom stereocenters. The van der Waals surface area contributed by atoms with Crippen LogP contribution in [0.4, 0.5) is 4.79 Å². The average molecular weight is 272 g/mol. The Hall–Kier alpha value is -1.30. The second-order valence-corrected chi connectivity index (χ2v) is 4.93. The van der Waals surface area contributed by atoms with Gasteiger partial charge in [0.05, 0.1) is 6.10 Å². The van der Waals surface area contributed by atoms with E-state index in [1.165, 1.54) is 0 Å². The summed E-state index contributed by atoms with van der Waals surface area (Å²) in [5, 5.41) is 14.2. The second-order valence-electron chi connectivity index (χ2n) is 4.93. The number of carbonyl (C=O) groups excluding carboxylic acids is 1. The quantitative estimate of drug-likeness (QED) is 0.622. The van der Waals surface area contributed by atoms with E-state index in [4.69, 9.17) is 9.84 Å². The van der Waals surface area contributed by atoms with E-state index in [1.807, 2.05) is 6.92 Å². The van der Waals surface area contributed by atoms with Gasteiger partial charge in [-0.15, -0.1) is 0 Å². The number of carboxylic acid groups (broad SMARTS) is 1. The zero-order valence-corrected chi connectivity index (χ0v) is 11.5. The second kappa shape index (κ2) is 8.74. The van der Waals surface area contributed by atoms with E-state index in [1.54, 1.807) is 0 Å². The number of ether oxygens (including phenoxy) is 1. The molecule has 6 heteroatoms. The van der Waals surface area contributed by atoms with Gasteiger partial charge in [0.2, 0.25) is 0 Å². The minimum Gasteiger partial charge on any atom is -0.481 e. The monoisotopic (exact) mass is 272 g/mol. The molecule has 2 amide bonds. The lowest BCUT2D eigenvalue weighted by atomic mass is 10.0. The van der Waals surface area contributed by atoms with Crippen LogP contribution in [0.25, 0.3) is 0 Å². The van der Waals surface area contributed by atoms with Crippen molar-refractivity contribution in [2.75, 3.05) is 19.7 Å². The SMILES string of the molecule is CCC(CNC(=O)NCCC1CCCO1)CC(=O)O. The first-order valence-corrected chi connectivity index (χ1v) is 6.97. The number of carbonyl (C=O) groups is 2. The maximum absolute atomic E-state index is 11.5. The van der Waals surface area contributed by atoms with Gasteiger partial charge in [-0.1, -0.05) is 13.3 Å². The number of carboxylic acids is 1. The third-order valence-electron chi connectivity index (χ3n) is 3.37. The lowest BCUT2D eigenvalue weighted by Gasteiger charge is -2.14. The molecule has 3 N–H and O–H groups in total. The van der Waals surface area contributed by atoms with Gasteiger partial charge in [0.1, 0.15) is 0 Å². The maximum Gasteiger partial charge on any atom is 0.314 e. The Kier molecular flexibility index (Phi) is 7.25. The first kappa shape index (κ1) is 15.8. The van der Waals surface area contributed by atoms with Crippen molar-refractivity contribution in [2.24, 2.45) is 5.92 Å². The summed E-state index contributed by atoms with van der Waals surface area (Å²) in [6.07, 6.45) is 4.11. The Balaban J connectivity index is 2.07. The molecule has 0 radical (unpaired) electrons. The summed E-state index contributed by atoms with van der Waals surface area (Å²) in [6.45, 7) is 3.73. The topological polar surface area (TPSA) is 87.7 Å². The summed E-state index contributed by atoms with van der Waals surface area (Å²) in [4.78, 5) is 22.1. The predicted molar refractivity (Wildman–Crippen MR) is 71.0 cm³/mol. The van der Waals surface area contributed by atoms with Crippen LogP contribution in [-0.2, 0) is 9.53 Å². The maximum atomic E-state index is 11.5. The standard InChI is InChI=1S/C13H24N2O4/c1-2-10(8-12(16)17)9-15-13(18)14-6-5-11-4-3-7-19-11/h10-11H,2-9H2,1H3,(H,16,17)(H2,14,15,18). The van der Waals surface area contributed by atoms with E-state index in [0.717, 1.165) is 32.3 Å². The van der Waals surface area contributed by atoms with Gasteiger partial charge in [-0.3, -0.25) is 4.79 Å². The van der Waals surface area contributed by atoms with Crippen molar-refractivity contribution in [3.05, 3.63) is 0 Å². The molecular weight excluding hydrogens is 248 g/mol. The fourth-order valence-corrected chi connectivity index (χ4v) is 2.13. The molecule has 2 unspecified atom stereocenters. The molecule has 1 fully saturated rings. The van der Waals surface area contributed by atoms with Gasteiger partial charge in [0.25, 0.3) is 0 Å². The largest absolute Gasteiger partial charge is 0.481 e. The lowest BCUT2D eigenvalue weighted by molar-refractivity contribution is -0.138. The predicted octanol–water partition coefficient (Wildman–Crippen LogP) is 1.36.